The van der Waals surface area contributed by atoms with Crippen molar-refractivity contribution in [3.63, 3.8) is 0 Å². The van der Waals surface area contributed by atoms with E-state index in [1.807, 2.05) is 30.3 Å². The number of hydrogen-bond donors (Lipinski definition) is 2. The van der Waals surface area contributed by atoms with Gasteiger partial charge in [-0.1, -0.05) is 18.2 Å². The molecule has 1 saturated heterocycles. The molecule has 0 radical (unpaired) electrons. The summed E-state index contributed by atoms with van der Waals surface area (Å²) in [5.41, 5.74) is 0. The first-order valence-corrected chi connectivity index (χ1v) is 5.08. The molecule has 1 aliphatic heterocycles. The summed E-state index contributed by atoms with van der Waals surface area (Å²) in [6.45, 7) is 3.88. The van der Waals surface area contributed by atoms with Crippen LogP contribution in [0.4, 0.5) is 0 Å². The van der Waals surface area contributed by atoms with E-state index in [1.165, 1.54) is 0 Å². The molecule has 2 rings (SSSR count). The molecule has 0 unspecified atom stereocenters. The number of nitrogens with one attached hydrogen (secondary N) is 2. The number of benzene rings is 1. The van der Waals surface area contributed by atoms with Crippen LogP contribution in [0.15, 0.2) is 30.3 Å². The van der Waals surface area contributed by atoms with Crippen molar-refractivity contribution in [1.29, 1.82) is 0 Å². The molecule has 14 heavy (non-hydrogen) atoms. The van der Waals surface area contributed by atoms with Crippen LogP contribution in [0.2, 0.25) is 0 Å². The number of hydrogen-bond acceptors (Lipinski definition) is 3. The average Bonchev–Trinajstić information content (AvgIpc) is 2.48. The highest BCUT2D eigenvalue weighted by Crippen LogP contribution is 2.10. The fraction of sp³-hybridized carbons (Fsp3) is 0.455. The van der Waals surface area contributed by atoms with Crippen LogP contribution in [-0.2, 0) is 0 Å². The number of para-hydroxylation sites is 1. The van der Waals surface area contributed by atoms with E-state index in [9.17, 15) is 0 Å². The van der Waals surface area contributed by atoms with Gasteiger partial charge < -0.3 is 15.4 Å². The summed E-state index contributed by atoms with van der Waals surface area (Å²) < 4.78 is 5.81. The van der Waals surface area contributed by atoms with Gasteiger partial charge in [-0.25, -0.2) is 0 Å². The molecular formula is C11H16N2O. The summed E-state index contributed by atoms with van der Waals surface area (Å²) >= 11 is 0. The molecule has 0 bridgehead atoms. The minimum Gasteiger partial charge on any atom is -0.488 e. The molecule has 76 valence electrons. The zero-order valence-corrected chi connectivity index (χ0v) is 8.20. The Morgan fingerprint density at radius 2 is 1.64 bits per heavy atom. The normalized spacial score (nSPS) is 18.9. The van der Waals surface area contributed by atoms with Crippen molar-refractivity contribution in [1.82, 2.24) is 10.6 Å². The van der Waals surface area contributed by atoms with Gasteiger partial charge in [0.05, 0.1) is 0 Å². The highest BCUT2D eigenvalue weighted by molar-refractivity contribution is 5.21. The summed E-state index contributed by atoms with van der Waals surface area (Å²) in [5.74, 6) is 0.947. The van der Waals surface area contributed by atoms with Crippen molar-refractivity contribution in [2.24, 2.45) is 0 Å². The van der Waals surface area contributed by atoms with Crippen LogP contribution < -0.4 is 15.4 Å². The minimum atomic E-state index is 0.236. The summed E-state index contributed by atoms with van der Waals surface area (Å²) in [5, 5.41) is 6.66. The van der Waals surface area contributed by atoms with Gasteiger partial charge in [-0.3, -0.25) is 0 Å². The van der Waals surface area contributed by atoms with Crippen molar-refractivity contribution in [3.8, 4) is 5.75 Å². The van der Waals surface area contributed by atoms with Crippen molar-refractivity contribution in [2.45, 2.75) is 6.10 Å². The molecule has 2 N–H and O–H groups in total. The molecule has 0 aliphatic carbocycles. The molecule has 0 spiro atoms. The Labute approximate surface area is 84.5 Å². The lowest BCUT2D eigenvalue weighted by Crippen LogP contribution is -2.34. The van der Waals surface area contributed by atoms with Gasteiger partial charge in [-0.15, -0.1) is 0 Å². The van der Waals surface area contributed by atoms with Crippen LogP contribution in [0.5, 0.6) is 5.75 Å². The highest BCUT2D eigenvalue weighted by atomic mass is 16.5. The van der Waals surface area contributed by atoms with Gasteiger partial charge in [0, 0.05) is 26.2 Å². The van der Waals surface area contributed by atoms with Gasteiger partial charge in [0.2, 0.25) is 0 Å². The van der Waals surface area contributed by atoms with Crippen molar-refractivity contribution < 1.29 is 4.74 Å². The Hall–Kier alpha value is -1.06. The Kier molecular flexibility index (Phi) is 3.38. The Morgan fingerprint density at radius 1 is 1.00 bits per heavy atom. The highest BCUT2D eigenvalue weighted by Gasteiger charge is 2.11. The molecular weight excluding hydrogens is 176 g/mol. The largest absolute Gasteiger partial charge is 0.488 e. The van der Waals surface area contributed by atoms with Crippen LogP contribution in [0.25, 0.3) is 0 Å². The molecule has 0 aromatic heterocycles. The van der Waals surface area contributed by atoms with Crippen LogP contribution in [0.1, 0.15) is 0 Å². The fourth-order valence-electron chi connectivity index (χ4n) is 1.55. The monoisotopic (exact) mass is 192 g/mol. The van der Waals surface area contributed by atoms with Gasteiger partial charge >= 0.3 is 0 Å². The lowest BCUT2D eigenvalue weighted by Gasteiger charge is -2.16. The molecule has 0 saturated carbocycles. The number of ether oxygens (including phenoxy) is 1. The van der Waals surface area contributed by atoms with Crippen molar-refractivity contribution >= 4 is 0 Å². The van der Waals surface area contributed by atoms with E-state index < -0.39 is 0 Å². The smallest absolute Gasteiger partial charge is 0.123 e. The molecule has 1 fully saturated rings. The quantitative estimate of drug-likeness (QED) is 0.721. The molecule has 3 heteroatoms. The number of rotatable bonds is 2. The van der Waals surface area contributed by atoms with E-state index in [-0.39, 0.29) is 6.10 Å². The van der Waals surface area contributed by atoms with Crippen LogP contribution in [0.3, 0.4) is 0 Å². The van der Waals surface area contributed by atoms with Crippen LogP contribution >= 0.6 is 0 Å². The predicted octanol–water partition coefficient (Wildman–Crippen LogP) is 0.627. The second kappa shape index (κ2) is 4.98. The standard InChI is InChI=1S/C11H16N2O/c1-2-4-10(5-3-1)14-11-8-12-6-7-13-9-11/h1-5,11-13H,6-9H2. The van der Waals surface area contributed by atoms with Crippen molar-refractivity contribution in [3.05, 3.63) is 30.3 Å². The molecule has 0 atom stereocenters. The molecule has 1 heterocycles. The zero-order chi connectivity index (χ0) is 9.64. The van der Waals surface area contributed by atoms with Gasteiger partial charge in [-0.05, 0) is 12.1 Å². The van der Waals surface area contributed by atoms with E-state index >= 15 is 0 Å². The fourth-order valence-corrected chi connectivity index (χ4v) is 1.55. The van der Waals surface area contributed by atoms with E-state index in [0.717, 1.165) is 31.9 Å². The average molecular weight is 192 g/mol. The topological polar surface area (TPSA) is 33.3 Å². The SMILES string of the molecule is c1ccc(OC2CNCCNC2)cc1. The molecule has 0 amide bonds. The predicted molar refractivity (Wildman–Crippen MR) is 56.6 cm³/mol. The summed E-state index contributed by atoms with van der Waals surface area (Å²) in [6.07, 6.45) is 0.236. The van der Waals surface area contributed by atoms with Crippen molar-refractivity contribution in [2.75, 3.05) is 26.2 Å². The first-order valence-electron chi connectivity index (χ1n) is 5.08. The van der Waals surface area contributed by atoms with Gasteiger partial charge in [0.25, 0.3) is 0 Å². The maximum Gasteiger partial charge on any atom is 0.123 e. The van der Waals surface area contributed by atoms with E-state index in [4.69, 9.17) is 4.74 Å². The Balaban J connectivity index is 1.90. The summed E-state index contributed by atoms with van der Waals surface area (Å²) in [4.78, 5) is 0. The third-order valence-electron chi connectivity index (χ3n) is 2.27. The lowest BCUT2D eigenvalue weighted by molar-refractivity contribution is 0.205. The zero-order valence-electron chi connectivity index (χ0n) is 8.20. The van der Waals surface area contributed by atoms with E-state index in [0.29, 0.717) is 0 Å². The molecule has 3 nitrogen and oxygen atoms in total. The lowest BCUT2D eigenvalue weighted by atomic mass is 10.3. The minimum absolute atomic E-state index is 0.236. The molecule has 1 aromatic carbocycles. The van der Waals surface area contributed by atoms with Crippen LogP contribution in [-0.4, -0.2) is 32.3 Å². The third kappa shape index (κ3) is 2.72. The van der Waals surface area contributed by atoms with E-state index in [2.05, 4.69) is 10.6 Å². The molecule has 1 aliphatic rings. The van der Waals surface area contributed by atoms with Crippen LogP contribution in [0, 0.1) is 0 Å². The first-order chi connectivity index (χ1) is 6.95. The van der Waals surface area contributed by atoms with E-state index in [1.54, 1.807) is 0 Å². The van der Waals surface area contributed by atoms with Gasteiger partial charge in [-0.2, -0.15) is 0 Å². The molecule has 1 aromatic rings. The van der Waals surface area contributed by atoms with Gasteiger partial charge in [0.1, 0.15) is 11.9 Å². The van der Waals surface area contributed by atoms with Gasteiger partial charge in [0.15, 0.2) is 0 Å². The second-order valence-electron chi connectivity index (χ2n) is 3.46. The Morgan fingerprint density at radius 3 is 2.29 bits per heavy atom. The summed E-state index contributed by atoms with van der Waals surface area (Å²) in [7, 11) is 0. The second-order valence-corrected chi connectivity index (χ2v) is 3.46. The third-order valence-corrected chi connectivity index (χ3v) is 2.27. The first kappa shape index (κ1) is 9.49. The maximum absolute atomic E-state index is 5.81. The Bertz CT molecular complexity index is 255. The summed E-state index contributed by atoms with van der Waals surface area (Å²) in [6, 6.07) is 9.96. The maximum atomic E-state index is 5.81.